The number of carbonyl (C=O) groups excluding carboxylic acids is 2. The zero-order valence-corrected chi connectivity index (χ0v) is 20.4. The van der Waals surface area contributed by atoms with Gasteiger partial charge in [0.15, 0.2) is 0 Å². The maximum absolute atomic E-state index is 12.5. The van der Waals surface area contributed by atoms with Crippen LogP contribution in [0.5, 0.6) is 0 Å². The van der Waals surface area contributed by atoms with Crippen LogP contribution in [-0.2, 0) is 14.3 Å². The number of benzene rings is 2. The van der Waals surface area contributed by atoms with E-state index in [2.05, 4.69) is 34.9 Å². The smallest absolute Gasteiger partial charge is 0.407 e. The van der Waals surface area contributed by atoms with Crippen LogP contribution in [-0.4, -0.2) is 42.3 Å². The highest BCUT2D eigenvalue weighted by atomic mass is 16.5. The van der Waals surface area contributed by atoms with E-state index in [9.17, 15) is 19.5 Å². The second-order valence-electron chi connectivity index (χ2n) is 9.96. The van der Waals surface area contributed by atoms with Gasteiger partial charge in [-0.2, -0.15) is 0 Å². The Morgan fingerprint density at radius 1 is 0.971 bits per heavy atom. The molecule has 0 saturated heterocycles. The number of carboxylic acid groups (broad SMARTS) is 1. The monoisotopic (exact) mass is 478 g/mol. The lowest BCUT2D eigenvalue weighted by molar-refractivity contribution is -0.148. The van der Waals surface area contributed by atoms with Crippen molar-refractivity contribution in [2.75, 3.05) is 13.2 Å². The van der Waals surface area contributed by atoms with Crippen molar-refractivity contribution in [3.8, 4) is 11.1 Å². The van der Waals surface area contributed by atoms with Gasteiger partial charge in [0.25, 0.3) is 0 Å². The van der Waals surface area contributed by atoms with Crippen molar-refractivity contribution in [2.45, 2.75) is 57.9 Å². The van der Waals surface area contributed by atoms with Gasteiger partial charge >= 0.3 is 12.1 Å². The first-order valence-corrected chi connectivity index (χ1v) is 12.4. The number of ether oxygens (including phenoxy) is 1. The number of rotatable bonds is 8. The second kappa shape index (κ2) is 10.5. The van der Waals surface area contributed by atoms with E-state index in [4.69, 9.17) is 4.74 Å². The van der Waals surface area contributed by atoms with Gasteiger partial charge in [0.2, 0.25) is 5.91 Å². The predicted octanol–water partition coefficient (Wildman–Crippen LogP) is 4.70. The van der Waals surface area contributed by atoms with Gasteiger partial charge < -0.3 is 20.5 Å². The summed E-state index contributed by atoms with van der Waals surface area (Å²) in [6.07, 6.45) is 2.68. The molecular weight excluding hydrogens is 444 g/mol. The van der Waals surface area contributed by atoms with Gasteiger partial charge in [-0.3, -0.25) is 9.59 Å². The summed E-state index contributed by atoms with van der Waals surface area (Å²) in [7, 11) is 0. The lowest BCUT2D eigenvalue weighted by atomic mass is 9.84. The standard InChI is InChI=1S/C28H34N2O5/c1-3-28(2,26(32)33)17-29-25(31)18-12-14-19(15-13-18)30-27(34)35-16-24-22-10-6-4-8-20(22)21-9-5-7-11-23(21)24/h4-11,18-19,24H,3,12-17H2,1-2H3,(H,29,31)(H,30,34)(H,32,33). The van der Waals surface area contributed by atoms with Crippen molar-refractivity contribution in [2.24, 2.45) is 11.3 Å². The maximum Gasteiger partial charge on any atom is 0.407 e. The summed E-state index contributed by atoms with van der Waals surface area (Å²) in [5.74, 6) is -1.15. The molecule has 2 aromatic carbocycles. The molecule has 0 radical (unpaired) electrons. The molecule has 0 aromatic heterocycles. The molecule has 2 aliphatic rings. The number of nitrogens with one attached hydrogen (secondary N) is 2. The number of fused-ring (bicyclic) bond motifs is 3. The first kappa shape index (κ1) is 24.8. The van der Waals surface area contributed by atoms with Crippen LogP contribution in [0.4, 0.5) is 4.79 Å². The van der Waals surface area contributed by atoms with Crippen LogP contribution in [0.1, 0.15) is 63.0 Å². The Kier molecular flexibility index (Phi) is 7.43. The molecule has 35 heavy (non-hydrogen) atoms. The molecule has 1 unspecified atom stereocenters. The molecule has 7 nitrogen and oxygen atoms in total. The van der Waals surface area contributed by atoms with Crippen molar-refractivity contribution in [1.82, 2.24) is 10.6 Å². The van der Waals surface area contributed by atoms with E-state index in [0.29, 0.717) is 32.1 Å². The quantitative estimate of drug-likeness (QED) is 0.510. The van der Waals surface area contributed by atoms with Crippen LogP contribution in [0, 0.1) is 11.3 Å². The number of alkyl carbamates (subject to hydrolysis) is 1. The van der Waals surface area contributed by atoms with Crippen molar-refractivity contribution >= 4 is 18.0 Å². The zero-order chi connectivity index (χ0) is 25.0. The lowest BCUT2D eigenvalue weighted by Crippen LogP contribution is -2.45. The fourth-order valence-electron chi connectivity index (χ4n) is 5.09. The third kappa shape index (κ3) is 5.34. The molecule has 4 rings (SSSR count). The SMILES string of the molecule is CCC(C)(CNC(=O)C1CCC(NC(=O)OCC2c3ccccc3-c3ccccc32)CC1)C(=O)O. The Bertz CT molecular complexity index is 1050. The number of aliphatic carboxylic acids is 1. The van der Waals surface area contributed by atoms with Gasteiger partial charge in [0, 0.05) is 24.4 Å². The summed E-state index contributed by atoms with van der Waals surface area (Å²) in [4.78, 5) is 36.5. The van der Waals surface area contributed by atoms with Gasteiger partial charge in [-0.25, -0.2) is 4.79 Å². The minimum Gasteiger partial charge on any atom is -0.481 e. The average molecular weight is 479 g/mol. The molecule has 2 aromatic rings. The number of hydrogen-bond donors (Lipinski definition) is 3. The molecule has 0 bridgehead atoms. The van der Waals surface area contributed by atoms with E-state index in [-0.39, 0.29) is 36.9 Å². The highest BCUT2D eigenvalue weighted by molar-refractivity contribution is 5.81. The van der Waals surface area contributed by atoms with Crippen LogP contribution in [0.3, 0.4) is 0 Å². The van der Waals surface area contributed by atoms with Crippen LogP contribution >= 0.6 is 0 Å². The summed E-state index contributed by atoms with van der Waals surface area (Å²) in [6.45, 7) is 3.85. The second-order valence-corrected chi connectivity index (χ2v) is 9.96. The number of carboxylic acids is 1. The zero-order valence-electron chi connectivity index (χ0n) is 20.4. The summed E-state index contributed by atoms with van der Waals surface area (Å²) in [6, 6.07) is 16.4. The van der Waals surface area contributed by atoms with E-state index in [0.717, 1.165) is 0 Å². The molecular formula is C28H34N2O5. The predicted molar refractivity (Wildman–Crippen MR) is 133 cm³/mol. The van der Waals surface area contributed by atoms with Crippen LogP contribution in [0.2, 0.25) is 0 Å². The first-order chi connectivity index (χ1) is 16.8. The van der Waals surface area contributed by atoms with E-state index in [1.807, 2.05) is 24.3 Å². The molecule has 0 spiro atoms. The third-order valence-corrected chi connectivity index (χ3v) is 7.71. The minimum atomic E-state index is -0.960. The van der Waals surface area contributed by atoms with Crippen molar-refractivity contribution in [1.29, 1.82) is 0 Å². The van der Waals surface area contributed by atoms with Crippen LogP contribution in [0.25, 0.3) is 11.1 Å². The Hall–Kier alpha value is -3.35. The van der Waals surface area contributed by atoms with Gasteiger partial charge in [0.1, 0.15) is 6.61 Å². The van der Waals surface area contributed by atoms with E-state index in [1.54, 1.807) is 13.8 Å². The molecule has 3 N–H and O–H groups in total. The minimum absolute atomic E-state index is 0.0205. The topological polar surface area (TPSA) is 105 Å². The fraction of sp³-hybridized carbons (Fsp3) is 0.464. The molecule has 0 heterocycles. The Labute approximate surface area is 206 Å². The highest BCUT2D eigenvalue weighted by Gasteiger charge is 2.34. The summed E-state index contributed by atoms with van der Waals surface area (Å²) < 4.78 is 5.64. The Morgan fingerprint density at radius 3 is 2.09 bits per heavy atom. The Balaban J connectivity index is 1.24. The highest BCUT2D eigenvalue weighted by Crippen LogP contribution is 2.44. The lowest BCUT2D eigenvalue weighted by Gasteiger charge is -2.30. The molecule has 2 amide bonds. The van der Waals surface area contributed by atoms with Crippen molar-refractivity contribution in [3.63, 3.8) is 0 Å². The van der Waals surface area contributed by atoms with Gasteiger partial charge in [-0.05, 0) is 61.3 Å². The molecule has 0 aliphatic heterocycles. The molecule has 7 heteroatoms. The van der Waals surface area contributed by atoms with Gasteiger partial charge in [-0.1, -0.05) is 55.5 Å². The number of hydrogen-bond acceptors (Lipinski definition) is 4. The van der Waals surface area contributed by atoms with Crippen molar-refractivity contribution in [3.05, 3.63) is 59.7 Å². The van der Waals surface area contributed by atoms with Crippen LogP contribution < -0.4 is 10.6 Å². The molecule has 1 atom stereocenters. The largest absolute Gasteiger partial charge is 0.481 e. The summed E-state index contributed by atoms with van der Waals surface area (Å²) in [5.41, 5.74) is 3.77. The van der Waals surface area contributed by atoms with E-state index >= 15 is 0 Å². The van der Waals surface area contributed by atoms with Crippen LogP contribution in [0.15, 0.2) is 48.5 Å². The summed E-state index contributed by atoms with van der Waals surface area (Å²) >= 11 is 0. The van der Waals surface area contributed by atoms with Gasteiger partial charge in [0.05, 0.1) is 5.41 Å². The fourth-order valence-corrected chi connectivity index (χ4v) is 5.09. The third-order valence-electron chi connectivity index (χ3n) is 7.71. The molecule has 186 valence electrons. The van der Waals surface area contributed by atoms with Crippen molar-refractivity contribution < 1.29 is 24.2 Å². The number of carbonyl (C=O) groups is 3. The normalized spacial score (nSPS) is 20.7. The maximum atomic E-state index is 12.5. The summed E-state index contributed by atoms with van der Waals surface area (Å²) in [5, 5.41) is 15.2. The first-order valence-electron chi connectivity index (χ1n) is 12.4. The van der Waals surface area contributed by atoms with E-state index < -0.39 is 17.5 Å². The Morgan fingerprint density at radius 2 is 1.54 bits per heavy atom. The van der Waals surface area contributed by atoms with Gasteiger partial charge in [-0.15, -0.1) is 0 Å². The molecule has 1 fully saturated rings. The van der Waals surface area contributed by atoms with E-state index in [1.165, 1.54) is 22.3 Å². The molecule has 2 aliphatic carbocycles. The molecule has 1 saturated carbocycles. The number of amides is 2. The average Bonchev–Trinajstić information content (AvgIpc) is 3.20.